The zero-order valence-electron chi connectivity index (χ0n) is 10.0. The summed E-state index contributed by atoms with van der Waals surface area (Å²) in [7, 11) is 1.83. The van der Waals surface area contributed by atoms with Crippen LogP contribution in [0.2, 0.25) is 0 Å². The van der Waals surface area contributed by atoms with Crippen molar-refractivity contribution in [3.8, 4) is 0 Å². The Labute approximate surface area is 92.2 Å². The van der Waals surface area contributed by atoms with Crippen LogP contribution >= 0.6 is 0 Å². The van der Waals surface area contributed by atoms with Gasteiger partial charge in [-0.25, -0.2) is 4.79 Å². The third-order valence-electron chi connectivity index (χ3n) is 2.90. The van der Waals surface area contributed by atoms with Crippen LogP contribution in [-0.4, -0.2) is 55.2 Å². The van der Waals surface area contributed by atoms with Gasteiger partial charge in [-0.3, -0.25) is 0 Å². The third kappa shape index (κ3) is 3.38. The molecule has 4 nitrogen and oxygen atoms in total. The first-order valence-corrected chi connectivity index (χ1v) is 5.80. The monoisotopic (exact) mass is 214 g/mol. The number of hydrogen-bond donors (Lipinski definition) is 0. The van der Waals surface area contributed by atoms with Crippen molar-refractivity contribution >= 4 is 6.03 Å². The maximum absolute atomic E-state index is 11.9. The molecule has 0 aromatic carbocycles. The van der Waals surface area contributed by atoms with E-state index >= 15 is 0 Å². The third-order valence-corrected chi connectivity index (χ3v) is 2.90. The van der Waals surface area contributed by atoms with Gasteiger partial charge in [-0.1, -0.05) is 0 Å². The Balaban J connectivity index is 2.43. The number of carbonyl (C=O) groups excluding carboxylic acids is 1. The van der Waals surface area contributed by atoms with Crippen LogP contribution in [0.4, 0.5) is 4.79 Å². The van der Waals surface area contributed by atoms with Crippen LogP contribution in [0.15, 0.2) is 0 Å². The number of ether oxygens (including phenoxy) is 1. The van der Waals surface area contributed by atoms with Gasteiger partial charge < -0.3 is 14.5 Å². The zero-order chi connectivity index (χ0) is 11.3. The van der Waals surface area contributed by atoms with E-state index in [1.54, 1.807) is 4.90 Å². The molecule has 2 amide bonds. The molecule has 1 atom stereocenters. The van der Waals surface area contributed by atoms with E-state index in [0.717, 1.165) is 39.1 Å². The Hall–Kier alpha value is -0.770. The molecular formula is C11H22N2O2. The summed E-state index contributed by atoms with van der Waals surface area (Å²) in [6.07, 6.45) is 2.46. The van der Waals surface area contributed by atoms with Crippen LogP contribution < -0.4 is 0 Å². The molecule has 15 heavy (non-hydrogen) atoms. The highest BCUT2D eigenvalue weighted by molar-refractivity contribution is 5.74. The van der Waals surface area contributed by atoms with Gasteiger partial charge in [0.15, 0.2) is 0 Å². The largest absolute Gasteiger partial charge is 0.376 e. The predicted molar refractivity (Wildman–Crippen MR) is 59.9 cm³/mol. The van der Waals surface area contributed by atoms with Crippen molar-refractivity contribution in [2.45, 2.75) is 32.8 Å². The van der Waals surface area contributed by atoms with Gasteiger partial charge in [0.2, 0.25) is 0 Å². The molecule has 0 aromatic rings. The van der Waals surface area contributed by atoms with Crippen molar-refractivity contribution in [1.29, 1.82) is 0 Å². The summed E-state index contributed by atoms with van der Waals surface area (Å²) in [5.41, 5.74) is 0. The molecule has 88 valence electrons. The van der Waals surface area contributed by atoms with Gasteiger partial charge in [-0.2, -0.15) is 0 Å². The molecule has 1 rings (SSSR count). The van der Waals surface area contributed by atoms with E-state index in [-0.39, 0.29) is 12.1 Å². The van der Waals surface area contributed by atoms with E-state index in [2.05, 4.69) is 0 Å². The number of rotatable bonds is 4. The molecule has 1 saturated heterocycles. The molecule has 1 fully saturated rings. The van der Waals surface area contributed by atoms with Gasteiger partial charge in [-0.05, 0) is 26.7 Å². The molecule has 4 heteroatoms. The average Bonchev–Trinajstić information content (AvgIpc) is 2.76. The topological polar surface area (TPSA) is 32.8 Å². The highest BCUT2D eigenvalue weighted by atomic mass is 16.5. The Morgan fingerprint density at radius 3 is 2.60 bits per heavy atom. The van der Waals surface area contributed by atoms with Gasteiger partial charge in [0.25, 0.3) is 0 Å². The Morgan fingerprint density at radius 1 is 1.40 bits per heavy atom. The van der Waals surface area contributed by atoms with Crippen LogP contribution in [-0.2, 0) is 4.74 Å². The van der Waals surface area contributed by atoms with Crippen LogP contribution in [0.5, 0.6) is 0 Å². The van der Waals surface area contributed by atoms with Gasteiger partial charge in [0.05, 0.1) is 6.10 Å². The molecule has 1 unspecified atom stereocenters. The second-order valence-corrected chi connectivity index (χ2v) is 3.97. The predicted octanol–water partition coefficient (Wildman–Crippen LogP) is 1.56. The minimum Gasteiger partial charge on any atom is -0.376 e. The number of nitrogens with zero attached hydrogens (tertiary/aromatic N) is 2. The Kier molecular flexibility index (Phi) is 4.88. The first kappa shape index (κ1) is 12.3. The summed E-state index contributed by atoms with van der Waals surface area (Å²) >= 11 is 0. The highest BCUT2D eigenvalue weighted by Crippen LogP contribution is 2.13. The number of hydrogen-bond acceptors (Lipinski definition) is 2. The number of amides is 2. The van der Waals surface area contributed by atoms with Crippen LogP contribution in [0, 0.1) is 0 Å². The Bertz CT molecular complexity index is 203. The smallest absolute Gasteiger partial charge is 0.319 e. The van der Waals surface area contributed by atoms with Gasteiger partial charge in [0, 0.05) is 33.3 Å². The second-order valence-electron chi connectivity index (χ2n) is 3.97. The van der Waals surface area contributed by atoms with E-state index in [9.17, 15) is 4.79 Å². The fourth-order valence-corrected chi connectivity index (χ4v) is 1.75. The lowest BCUT2D eigenvalue weighted by molar-refractivity contribution is 0.0767. The lowest BCUT2D eigenvalue weighted by Crippen LogP contribution is -2.44. The second kappa shape index (κ2) is 5.95. The normalized spacial score (nSPS) is 20.3. The fourth-order valence-electron chi connectivity index (χ4n) is 1.75. The van der Waals surface area contributed by atoms with E-state index < -0.39 is 0 Å². The fraction of sp³-hybridized carbons (Fsp3) is 0.909. The molecule has 1 aliphatic heterocycles. The molecular weight excluding hydrogens is 192 g/mol. The molecule has 1 aliphatic rings. The van der Waals surface area contributed by atoms with Crippen molar-refractivity contribution in [2.24, 2.45) is 0 Å². The summed E-state index contributed by atoms with van der Waals surface area (Å²) in [4.78, 5) is 15.5. The maximum Gasteiger partial charge on any atom is 0.319 e. The lowest BCUT2D eigenvalue weighted by Gasteiger charge is -2.28. The van der Waals surface area contributed by atoms with E-state index in [1.165, 1.54) is 0 Å². The van der Waals surface area contributed by atoms with Crippen LogP contribution in [0.3, 0.4) is 0 Å². The molecule has 0 radical (unpaired) electrons. The van der Waals surface area contributed by atoms with Crippen molar-refractivity contribution in [1.82, 2.24) is 9.80 Å². The summed E-state index contributed by atoms with van der Waals surface area (Å²) in [5.74, 6) is 0. The van der Waals surface area contributed by atoms with Gasteiger partial charge in [-0.15, -0.1) is 0 Å². The standard InChI is InChI=1S/C11H22N2O2/c1-4-12(3)11(14)13(5-2)9-10-7-6-8-15-10/h10H,4-9H2,1-3H3. The van der Waals surface area contributed by atoms with Crippen molar-refractivity contribution in [2.75, 3.05) is 33.3 Å². The van der Waals surface area contributed by atoms with Crippen LogP contribution in [0.25, 0.3) is 0 Å². The number of urea groups is 1. The first-order chi connectivity index (χ1) is 7.19. The molecule has 0 spiro atoms. The molecule has 1 heterocycles. The molecule has 0 bridgehead atoms. The maximum atomic E-state index is 11.9. The minimum absolute atomic E-state index is 0.107. The first-order valence-electron chi connectivity index (χ1n) is 5.80. The number of carbonyl (C=O) groups is 1. The van der Waals surface area contributed by atoms with E-state index in [1.807, 2.05) is 25.8 Å². The van der Waals surface area contributed by atoms with Gasteiger partial charge in [0.1, 0.15) is 0 Å². The van der Waals surface area contributed by atoms with E-state index in [0.29, 0.717) is 0 Å². The Morgan fingerprint density at radius 2 is 2.13 bits per heavy atom. The SMILES string of the molecule is CCN(C)C(=O)N(CC)CC1CCCO1. The summed E-state index contributed by atoms with van der Waals surface area (Å²) in [6.45, 7) is 7.08. The summed E-state index contributed by atoms with van der Waals surface area (Å²) in [6, 6.07) is 0.107. The highest BCUT2D eigenvalue weighted by Gasteiger charge is 2.22. The van der Waals surface area contributed by atoms with Crippen molar-refractivity contribution in [3.05, 3.63) is 0 Å². The lowest BCUT2D eigenvalue weighted by atomic mass is 10.2. The van der Waals surface area contributed by atoms with Crippen molar-refractivity contribution in [3.63, 3.8) is 0 Å². The average molecular weight is 214 g/mol. The molecule has 0 saturated carbocycles. The van der Waals surface area contributed by atoms with Crippen molar-refractivity contribution < 1.29 is 9.53 Å². The van der Waals surface area contributed by atoms with Gasteiger partial charge >= 0.3 is 6.03 Å². The van der Waals surface area contributed by atoms with E-state index in [4.69, 9.17) is 4.74 Å². The summed E-state index contributed by atoms with van der Waals surface area (Å²) in [5, 5.41) is 0. The summed E-state index contributed by atoms with van der Waals surface area (Å²) < 4.78 is 5.54. The zero-order valence-corrected chi connectivity index (χ0v) is 10.0. The number of likely N-dealkylation sites (N-methyl/N-ethyl adjacent to an activating group) is 1. The minimum atomic E-state index is 0.107. The quantitative estimate of drug-likeness (QED) is 0.711. The molecule has 0 N–H and O–H groups in total. The van der Waals surface area contributed by atoms with Crippen LogP contribution in [0.1, 0.15) is 26.7 Å². The molecule has 0 aliphatic carbocycles. The molecule has 0 aromatic heterocycles.